The summed E-state index contributed by atoms with van der Waals surface area (Å²) in [6.45, 7) is 8.33. The molecule has 132 valence electrons. The largest absolute Gasteiger partial charge is 0.393 e. The molecule has 5 nitrogen and oxygen atoms in total. The van der Waals surface area contributed by atoms with Crippen LogP contribution in [0, 0.1) is 23.7 Å². The molecule has 5 rings (SSSR count). The van der Waals surface area contributed by atoms with E-state index >= 15 is 0 Å². The molecule has 5 fully saturated rings. The van der Waals surface area contributed by atoms with Gasteiger partial charge in [-0.2, -0.15) is 0 Å². The number of ether oxygens (including phenoxy) is 2. The monoisotopic (exact) mass is 326 g/mol. The Labute approximate surface area is 138 Å². The number of hydrogen-bond donors (Lipinski definition) is 1. The summed E-state index contributed by atoms with van der Waals surface area (Å²) in [7, 11) is 0. The van der Waals surface area contributed by atoms with E-state index in [1.807, 2.05) is 13.8 Å². The van der Waals surface area contributed by atoms with E-state index in [0.717, 1.165) is 19.3 Å². The van der Waals surface area contributed by atoms with E-state index in [4.69, 9.17) is 19.2 Å². The molecule has 9 atom stereocenters. The Kier molecular flexibility index (Phi) is 3.82. The molecule has 0 aromatic rings. The van der Waals surface area contributed by atoms with Crippen LogP contribution in [-0.4, -0.2) is 35.0 Å². The molecule has 4 heterocycles. The van der Waals surface area contributed by atoms with Crippen LogP contribution in [0.4, 0.5) is 0 Å². The van der Waals surface area contributed by atoms with Gasteiger partial charge in [0, 0.05) is 12.3 Å². The minimum atomic E-state index is -0.715. The van der Waals surface area contributed by atoms with Crippen LogP contribution in [0.5, 0.6) is 0 Å². The number of rotatable bonds is 2. The van der Waals surface area contributed by atoms with Gasteiger partial charge in [-0.3, -0.25) is 0 Å². The van der Waals surface area contributed by atoms with E-state index < -0.39 is 11.4 Å². The van der Waals surface area contributed by atoms with Crippen molar-refractivity contribution in [2.24, 2.45) is 23.7 Å². The van der Waals surface area contributed by atoms with E-state index in [1.165, 1.54) is 6.42 Å². The zero-order chi connectivity index (χ0) is 16.4. The highest BCUT2D eigenvalue weighted by Gasteiger charge is 2.69. The summed E-state index contributed by atoms with van der Waals surface area (Å²) >= 11 is 0. The second-order valence-electron chi connectivity index (χ2n) is 8.53. The van der Waals surface area contributed by atoms with Gasteiger partial charge in [0.25, 0.3) is 0 Å². The maximum Gasteiger partial charge on any atom is 0.201 e. The highest BCUT2D eigenvalue weighted by Crippen LogP contribution is 2.60. The fourth-order valence-electron chi connectivity index (χ4n) is 5.58. The Morgan fingerprint density at radius 1 is 1.13 bits per heavy atom. The van der Waals surface area contributed by atoms with Crippen LogP contribution >= 0.6 is 0 Å². The lowest BCUT2D eigenvalue weighted by molar-refractivity contribution is -0.571. The third-order valence-electron chi connectivity index (χ3n) is 6.87. The average molecular weight is 326 g/mol. The summed E-state index contributed by atoms with van der Waals surface area (Å²) in [5, 5.41) is 9.85. The van der Waals surface area contributed by atoms with Crippen LogP contribution in [0.15, 0.2) is 0 Å². The Bertz CT molecular complexity index is 468. The maximum absolute atomic E-state index is 9.85. The summed E-state index contributed by atoms with van der Waals surface area (Å²) in [6.07, 6.45) is 4.12. The van der Waals surface area contributed by atoms with Crippen molar-refractivity contribution >= 4 is 0 Å². The van der Waals surface area contributed by atoms with Gasteiger partial charge in [0.05, 0.1) is 12.2 Å². The first-order valence-electron chi connectivity index (χ1n) is 9.24. The van der Waals surface area contributed by atoms with Crippen molar-refractivity contribution in [1.82, 2.24) is 0 Å². The Balaban J connectivity index is 1.73. The van der Waals surface area contributed by atoms with Crippen molar-refractivity contribution in [3.05, 3.63) is 0 Å². The lowest BCUT2D eigenvalue weighted by Gasteiger charge is -2.60. The maximum atomic E-state index is 9.85. The molecule has 0 radical (unpaired) electrons. The van der Waals surface area contributed by atoms with Gasteiger partial charge in [0.15, 0.2) is 11.9 Å². The molecular formula is C18H30O5. The third kappa shape index (κ3) is 2.31. The minimum absolute atomic E-state index is 0.0104. The van der Waals surface area contributed by atoms with Crippen molar-refractivity contribution < 1.29 is 24.4 Å². The van der Waals surface area contributed by atoms with Gasteiger partial charge >= 0.3 is 0 Å². The Hall–Kier alpha value is -0.200. The van der Waals surface area contributed by atoms with Crippen LogP contribution < -0.4 is 0 Å². The zero-order valence-electron chi connectivity index (χ0n) is 14.7. The molecule has 23 heavy (non-hydrogen) atoms. The standard InChI is InChI=1S/C18H30O5/c1-10-5-6-14-12(3)15(9-11(2)19)20-16-18(14)13(10)7-8-17(4,21-16)22-23-18/h10-16,19H,5-9H2,1-4H3/t10-,11-,12-,13+,14+,15-,16-,17+,18-/m1/s1. The van der Waals surface area contributed by atoms with Gasteiger partial charge in [-0.1, -0.05) is 13.8 Å². The summed E-state index contributed by atoms with van der Waals surface area (Å²) in [5.41, 5.74) is -0.484. The van der Waals surface area contributed by atoms with Crippen LogP contribution in [0.25, 0.3) is 0 Å². The second kappa shape index (κ2) is 5.40. The first-order chi connectivity index (χ1) is 10.9. The molecule has 4 saturated heterocycles. The third-order valence-corrected chi connectivity index (χ3v) is 6.87. The molecule has 1 N–H and O–H groups in total. The van der Waals surface area contributed by atoms with Crippen molar-refractivity contribution in [2.45, 2.75) is 89.7 Å². The predicted molar refractivity (Wildman–Crippen MR) is 83.1 cm³/mol. The molecule has 1 aliphatic carbocycles. The highest BCUT2D eigenvalue weighted by molar-refractivity contribution is 5.09. The molecule has 1 spiro atoms. The molecule has 4 aliphatic heterocycles. The van der Waals surface area contributed by atoms with Gasteiger partial charge in [-0.25, -0.2) is 9.78 Å². The molecule has 2 bridgehead atoms. The first kappa shape index (κ1) is 16.3. The molecule has 5 heteroatoms. The summed E-state index contributed by atoms with van der Waals surface area (Å²) < 4.78 is 12.7. The van der Waals surface area contributed by atoms with Gasteiger partial charge in [-0.05, 0) is 57.3 Å². The van der Waals surface area contributed by atoms with E-state index in [0.29, 0.717) is 30.1 Å². The summed E-state index contributed by atoms with van der Waals surface area (Å²) in [4.78, 5) is 11.9. The van der Waals surface area contributed by atoms with Crippen LogP contribution in [0.1, 0.15) is 59.8 Å². The SMILES string of the molecule is C[C@H]1[C@@H](C[C@@H](C)O)O[C@@H]2O[C@]3(C)CC[C@H]4[C@H](C)CC[C@@H]1[C@@]24OO3. The number of aliphatic hydroxyl groups excluding tert-OH is 1. The average Bonchev–Trinajstić information content (AvgIpc) is 2.70. The number of fused-ring (bicyclic) bond motifs is 2. The van der Waals surface area contributed by atoms with Crippen LogP contribution in [0.2, 0.25) is 0 Å². The lowest BCUT2D eigenvalue weighted by atomic mass is 9.57. The molecule has 5 aliphatic rings. The van der Waals surface area contributed by atoms with Crippen molar-refractivity contribution in [3.8, 4) is 0 Å². The lowest BCUT2D eigenvalue weighted by Crippen LogP contribution is -2.70. The smallest absolute Gasteiger partial charge is 0.201 e. The topological polar surface area (TPSA) is 57.2 Å². The van der Waals surface area contributed by atoms with E-state index in [9.17, 15) is 5.11 Å². The van der Waals surface area contributed by atoms with Crippen molar-refractivity contribution in [2.75, 3.05) is 0 Å². The molecule has 0 aromatic heterocycles. The van der Waals surface area contributed by atoms with Gasteiger partial charge in [-0.15, -0.1) is 0 Å². The number of hydrogen-bond acceptors (Lipinski definition) is 5. The first-order valence-corrected chi connectivity index (χ1v) is 9.24. The molecule has 0 unspecified atom stereocenters. The second-order valence-corrected chi connectivity index (χ2v) is 8.53. The zero-order valence-corrected chi connectivity index (χ0v) is 14.7. The Morgan fingerprint density at radius 3 is 2.65 bits per heavy atom. The molecule has 1 saturated carbocycles. The number of aliphatic hydroxyl groups is 1. The molecular weight excluding hydrogens is 296 g/mol. The van der Waals surface area contributed by atoms with Gasteiger partial charge < -0.3 is 14.6 Å². The highest BCUT2D eigenvalue weighted by atomic mass is 17.3. The molecule has 0 amide bonds. The summed E-state index contributed by atoms with van der Waals surface area (Å²) in [6, 6.07) is 0. The van der Waals surface area contributed by atoms with Crippen LogP contribution in [0.3, 0.4) is 0 Å². The quantitative estimate of drug-likeness (QED) is 0.791. The normalized spacial score (nSPS) is 56.7. The van der Waals surface area contributed by atoms with Gasteiger partial charge in [0.1, 0.15) is 0 Å². The van der Waals surface area contributed by atoms with E-state index in [1.54, 1.807) is 0 Å². The predicted octanol–water partition coefficient (Wildman–Crippen LogP) is 3.01. The van der Waals surface area contributed by atoms with E-state index in [-0.39, 0.29) is 18.5 Å². The minimum Gasteiger partial charge on any atom is -0.393 e. The summed E-state index contributed by atoms with van der Waals surface area (Å²) in [5.74, 6) is 0.961. The fraction of sp³-hybridized carbons (Fsp3) is 1.00. The fourth-order valence-corrected chi connectivity index (χ4v) is 5.58. The van der Waals surface area contributed by atoms with Gasteiger partial charge in [0.2, 0.25) is 5.79 Å². The van der Waals surface area contributed by atoms with Crippen LogP contribution in [-0.2, 0) is 19.2 Å². The Morgan fingerprint density at radius 2 is 1.91 bits per heavy atom. The van der Waals surface area contributed by atoms with E-state index in [2.05, 4.69) is 13.8 Å². The van der Waals surface area contributed by atoms with Crippen molar-refractivity contribution in [3.63, 3.8) is 0 Å². The molecule has 0 aromatic carbocycles. The van der Waals surface area contributed by atoms with Crippen molar-refractivity contribution in [1.29, 1.82) is 0 Å².